The van der Waals surface area contributed by atoms with Crippen LogP contribution in [0, 0.1) is 5.92 Å². The summed E-state index contributed by atoms with van der Waals surface area (Å²) >= 11 is 0. The van der Waals surface area contributed by atoms with E-state index in [0.29, 0.717) is 25.9 Å². The summed E-state index contributed by atoms with van der Waals surface area (Å²) < 4.78 is 38.4. The van der Waals surface area contributed by atoms with Gasteiger partial charge in [-0.25, -0.2) is 9.97 Å². The predicted molar refractivity (Wildman–Crippen MR) is 94.9 cm³/mol. The fraction of sp³-hybridized carbons (Fsp3) is 0.389. The number of hydrogen-bond acceptors (Lipinski definition) is 5. The summed E-state index contributed by atoms with van der Waals surface area (Å²) in [7, 11) is 0. The molecule has 0 aliphatic carbocycles. The van der Waals surface area contributed by atoms with Gasteiger partial charge in [0.15, 0.2) is 0 Å². The van der Waals surface area contributed by atoms with E-state index in [1.165, 1.54) is 12.1 Å². The molecule has 1 amide bonds. The molecule has 9 heteroatoms. The van der Waals surface area contributed by atoms with Crippen LogP contribution < -0.4 is 16.0 Å². The second kappa shape index (κ2) is 7.81. The number of hydrogen-bond donors (Lipinski definition) is 2. The summed E-state index contributed by atoms with van der Waals surface area (Å²) in [5, 5.41) is 2.93. The lowest BCUT2D eigenvalue weighted by Gasteiger charge is -2.32. The van der Waals surface area contributed by atoms with Gasteiger partial charge in [-0.3, -0.25) is 4.79 Å². The van der Waals surface area contributed by atoms with Gasteiger partial charge in [0.05, 0.1) is 0 Å². The van der Waals surface area contributed by atoms with Crippen molar-refractivity contribution in [2.75, 3.05) is 23.3 Å². The molecule has 3 heterocycles. The molecule has 0 unspecified atom stereocenters. The zero-order valence-electron chi connectivity index (χ0n) is 14.5. The number of amides is 1. The number of nitrogens with zero attached hydrogens (tertiary/aromatic N) is 3. The van der Waals surface area contributed by atoms with E-state index in [9.17, 15) is 18.0 Å². The van der Waals surface area contributed by atoms with Gasteiger partial charge in [-0.1, -0.05) is 12.1 Å². The molecule has 0 bridgehead atoms. The maximum atomic E-state index is 12.8. The number of primary amides is 1. The average molecular weight is 379 g/mol. The van der Waals surface area contributed by atoms with Crippen molar-refractivity contribution >= 4 is 17.5 Å². The molecular formula is C18H20F3N5O. The molecule has 6 nitrogen and oxygen atoms in total. The molecule has 1 saturated heterocycles. The van der Waals surface area contributed by atoms with Crippen LogP contribution in [0.3, 0.4) is 0 Å². The number of carbonyl (C=O) groups is 1. The number of rotatable bonds is 5. The van der Waals surface area contributed by atoms with Crippen LogP contribution in [0.2, 0.25) is 0 Å². The van der Waals surface area contributed by atoms with Crippen molar-refractivity contribution in [2.24, 2.45) is 11.7 Å². The zero-order valence-corrected chi connectivity index (χ0v) is 14.5. The highest BCUT2D eigenvalue weighted by Crippen LogP contribution is 2.29. The molecule has 0 aromatic carbocycles. The second-order valence-corrected chi connectivity index (χ2v) is 6.41. The standard InChI is InChI=1S/C18H20F3N5O/c19-18(20,21)14-4-1-5-15(25-14)24-11-13-3-2-8-23-17(13)26-9-6-12(7-10-26)16(22)27/h1-5,8,12H,6-7,9-11H2,(H2,22,27)(H,24,25). The lowest BCUT2D eigenvalue weighted by atomic mass is 9.96. The largest absolute Gasteiger partial charge is 0.433 e. The van der Waals surface area contributed by atoms with Crippen molar-refractivity contribution in [3.05, 3.63) is 47.8 Å². The van der Waals surface area contributed by atoms with Gasteiger partial charge in [-0.2, -0.15) is 13.2 Å². The fourth-order valence-electron chi connectivity index (χ4n) is 3.11. The number of aromatic nitrogens is 2. The first-order valence-electron chi connectivity index (χ1n) is 8.61. The van der Waals surface area contributed by atoms with Gasteiger partial charge in [0.2, 0.25) is 5.91 Å². The summed E-state index contributed by atoms with van der Waals surface area (Å²) in [4.78, 5) is 21.4. The van der Waals surface area contributed by atoms with Gasteiger partial charge < -0.3 is 16.0 Å². The number of nitrogens with two attached hydrogens (primary N) is 1. The van der Waals surface area contributed by atoms with E-state index < -0.39 is 11.9 Å². The Hall–Kier alpha value is -2.84. The van der Waals surface area contributed by atoms with Crippen LogP contribution in [0.5, 0.6) is 0 Å². The SMILES string of the molecule is NC(=O)C1CCN(c2ncccc2CNc2cccc(C(F)(F)F)n2)CC1. The lowest BCUT2D eigenvalue weighted by Crippen LogP contribution is -2.39. The van der Waals surface area contributed by atoms with Crippen LogP contribution in [0.15, 0.2) is 36.5 Å². The molecule has 0 atom stereocenters. The van der Waals surface area contributed by atoms with Crippen LogP contribution in [0.25, 0.3) is 0 Å². The Bertz CT molecular complexity index is 804. The third-order valence-corrected chi connectivity index (χ3v) is 4.56. The molecule has 144 valence electrons. The Morgan fingerprint density at radius 3 is 2.63 bits per heavy atom. The molecule has 1 aliphatic heterocycles. The van der Waals surface area contributed by atoms with E-state index >= 15 is 0 Å². The van der Waals surface area contributed by atoms with Gasteiger partial charge in [-0.05, 0) is 31.0 Å². The maximum absolute atomic E-state index is 12.8. The summed E-state index contributed by atoms with van der Waals surface area (Å²) in [6, 6.07) is 7.38. The first-order valence-corrected chi connectivity index (χ1v) is 8.61. The summed E-state index contributed by atoms with van der Waals surface area (Å²) in [6.45, 7) is 1.59. The van der Waals surface area contributed by atoms with Crippen molar-refractivity contribution < 1.29 is 18.0 Å². The van der Waals surface area contributed by atoms with Gasteiger partial charge in [-0.15, -0.1) is 0 Å². The Kier molecular flexibility index (Phi) is 5.48. The molecule has 1 fully saturated rings. The monoisotopic (exact) mass is 379 g/mol. The highest BCUT2D eigenvalue weighted by atomic mass is 19.4. The molecule has 3 N–H and O–H groups in total. The third kappa shape index (κ3) is 4.66. The van der Waals surface area contributed by atoms with Gasteiger partial charge in [0.25, 0.3) is 0 Å². The number of alkyl halides is 3. The molecule has 0 saturated carbocycles. The van der Waals surface area contributed by atoms with Crippen molar-refractivity contribution in [1.29, 1.82) is 0 Å². The third-order valence-electron chi connectivity index (χ3n) is 4.56. The van der Waals surface area contributed by atoms with Crippen molar-refractivity contribution in [3.63, 3.8) is 0 Å². The Morgan fingerprint density at radius 1 is 1.22 bits per heavy atom. The van der Waals surface area contributed by atoms with Gasteiger partial charge in [0, 0.05) is 37.3 Å². The maximum Gasteiger partial charge on any atom is 0.433 e. The molecular weight excluding hydrogens is 359 g/mol. The first-order chi connectivity index (χ1) is 12.8. The fourth-order valence-corrected chi connectivity index (χ4v) is 3.11. The van der Waals surface area contributed by atoms with E-state index in [4.69, 9.17) is 5.73 Å². The van der Waals surface area contributed by atoms with E-state index in [2.05, 4.69) is 20.2 Å². The number of carbonyl (C=O) groups excluding carboxylic acids is 1. The Labute approximate surface area is 154 Å². The average Bonchev–Trinajstić information content (AvgIpc) is 2.66. The van der Waals surface area contributed by atoms with Crippen LogP contribution in [-0.4, -0.2) is 29.0 Å². The summed E-state index contributed by atoms with van der Waals surface area (Å²) in [5.74, 6) is 0.487. The molecule has 2 aromatic heterocycles. The van der Waals surface area contributed by atoms with Crippen molar-refractivity contribution in [3.8, 4) is 0 Å². The zero-order chi connectivity index (χ0) is 19.4. The summed E-state index contributed by atoms with van der Waals surface area (Å²) in [6.07, 6.45) is -1.49. The Balaban J connectivity index is 1.69. The van der Waals surface area contributed by atoms with Crippen LogP contribution >= 0.6 is 0 Å². The molecule has 27 heavy (non-hydrogen) atoms. The number of nitrogens with one attached hydrogen (secondary N) is 1. The molecule has 2 aromatic rings. The van der Waals surface area contributed by atoms with Crippen LogP contribution in [-0.2, 0) is 17.5 Å². The molecule has 3 rings (SSSR count). The number of halogens is 3. The molecule has 0 radical (unpaired) electrons. The smallest absolute Gasteiger partial charge is 0.369 e. The van der Waals surface area contributed by atoms with Crippen LogP contribution in [0.4, 0.5) is 24.8 Å². The summed E-state index contributed by atoms with van der Waals surface area (Å²) in [5.41, 5.74) is 5.27. The Morgan fingerprint density at radius 2 is 1.96 bits per heavy atom. The first kappa shape index (κ1) is 18.9. The quantitative estimate of drug-likeness (QED) is 0.835. The molecule has 0 spiro atoms. The minimum atomic E-state index is -4.48. The van der Waals surface area contributed by atoms with Crippen molar-refractivity contribution in [2.45, 2.75) is 25.6 Å². The minimum absolute atomic E-state index is 0.124. The molecule has 1 aliphatic rings. The second-order valence-electron chi connectivity index (χ2n) is 6.41. The topological polar surface area (TPSA) is 84.1 Å². The van der Waals surface area contributed by atoms with E-state index in [-0.39, 0.29) is 24.2 Å². The highest BCUT2D eigenvalue weighted by molar-refractivity contribution is 5.77. The van der Waals surface area contributed by atoms with Gasteiger partial charge in [0.1, 0.15) is 17.3 Å². The van der Waals surface area contributed by atoms with Crippen molar-refractivity contribution in [1.82, 2.24) is 9.97 Å². The lowest BCUT2D eigenvalue weighted by molar-refractivity contribution is -0.141. The predicted octanol–water partition coefficient (Wildman–Crippen LogP) is 2.81. The van der Waals surface area contributed by atoms with Gasteiger partial charge >= 0.3 is 6.18 Å². The van der Waals surface area contributed by atoms with E-state index in [1.807, 2.05) is 6.07 Å². The minimum Gasteiger partial charge on any atom is -0.369 e. The van der Waals surface area contributed by atoms with E-state index in [0.717, 1.165) is 17.4 Å². The normalized spacial score (nSPS) is 15.6. The van der Waals surface area contributed by atoms with E-state index in [1.54, 1.807) is 12.3 Å². The highest BCUT2D eigenvalue weighted by Gasteiger charge is 2.32. The number of piperidine rings is 1. The number of pyridine rings is 2. The number of anilines is 2. The van der Waals surface area contributed by atoms with Crippen LogP contribution in [0.1, 0.15) is 24.1 Å².